The number of amides is 1. The molecule has 0 spiro atoms. The van der Waals surface area contributed by atoms with E-state index >= 15 is 0 Å². The molecule has 1 rings (SSSR count). The normalized spacial score (nSPS) is 13.9. The van der Waals surface area contributed by atoms with Crippen molar-refractivity contribution in [3.63, 3.8) is 0 Å². The second-order valence-corrected chi connectivity index (χ2v) is 4.81. The highest BCUT2D eigenvalue weighted by Crippen LogP contribution is 2.16. The van der Waals surface area contributed by atoms with Gasteiger partial charge in [0.2, 0.25) is 5.91 Å². The predicted octanol–water partition coefficient (Wildman–Crippen LogP) is 2.17. The van der Waals surface area contributed by atoms with Gasteiger partial charge < -0.3 is 10.4 Å². The second kappa shape index (κ2) is 6.61. The number of hydrogen-bond acceptors (Lipinski definition) is 2. The minimum atomic E-state index is -0.726. The number of rotatable bonds is 6. The molecule has 0 aliphatic carbocycles. The summed E-state index contributed by atoms with van der Waals surface area (Å²) in [4.78, 5) is 11.8. The summed E-state index contributed by atoms with van der Waals surface area (Å²) in [6.45, 7) is 3.61. The summed E-state index contributed by atoms with van der Waals surface area (Å²) < 4.78 is 26.8. The van der Waals surface area contributed by atoms with E-state index in [1.807, 2.05) is 6.92 Å². The van der Waals surface area contributed by atoms with Gasteiger partial charge in [0.05, 0.1) is 6.42 Å². The molecule has 0 heterocycles. The Bertz CT molecular complexity index is 431. The van der Waals surface area contributed by atoms with Crippen molar-refractivity contribution in [2.45, 2.75) is 38.6 Å². The lowest BCUT2D eigenvalue weighted by atomic mass is 9.94. The summed E-state index contributed by atoms with van der Waals surface area (Å²) in [5, 5.41) is 11.7. The highest BCUT2D eigenvalue weighted by Gasteiger charge is 2.24. The van der Waals surface area contributed by atoms with E-state index in [2.05, 4.69) is 5.32 Å². The lowest BCUT2D eigenvalue weighted by molar-refractivity contribution is -0.122. The highest BCUT2D eigenvalue weighted by atomic mass is 19.1. The van der Waals surface area contributed by atoms with Gasteiger partial charge in [-0.05, 0) is 31.9 Å². The van der Waals surface area contributed by atoms with E-state index in [1.165, 1.54) is 6.07 Å². The minimum absolute atomic E-state index is 0.0569. The molecule has 0 aliphatic rings. The van der Waals surface area contributed by atoms with Crippen molar-refractivity contribution >= 4 is 5.91 Å². The molecular formula is C14H19F2NO2. The molecule has 3 nitrogen and oxygen atoms in total. The molecule has 5 heteroatoms. The maximum Gasteiger partial charge on any atom is 0.225 e. The molecule has 1 unspecified atom stereocenters. The Balaban J connectivity index is 2.75. The smallest absolute Gasteiger partial charge is 0.225 e. The SMILES string of the molecule is CCC(C)(CCO)NC(=O)Cc1c(F)cccc1F. The third kappa shape index (κ3) is 4.28. The zero-order chi connectivity index (χ0) is 14.5. The second-order valence-electron chi connectivity index (χ2n) is 4.81. The third-order valence-corrected chi connectivity index (χ3v) is 3.28. The number of carbonyl (C=O) groups is 1. The van der Waals surface area contributed by atoms with E-state index in [0.717, 1.165) is 12.1 Å². The van der Waals surface area contributed by atoms with Crippen LogP contribution in [0.15, 0.2) is 18.2 Å². The molecule has 1 amide bonds. The van der Waals surface area contributed by atoms with Crippen LogP contribution in [-0.4, -0.2) is 23.2 Å². The van der Waals surface area contributed by atoms with E-state index < -0.39 is 23.1 Å². The van der Waals surface area contributed by atoms with Crippen LogP contribution in [0.25, 0.3) is 0 Å². The van der Waals surface area contributed by atoms with Crippen molar-refractivity contribution in [1.82, 2.24) is 5.32 Å². The largest absolute Gasteiger partial charge is 0.396 e. The van der Waals surface area contributed by atoms with Crippen molar-refractivity contribution in [3.05, 3.63) is 35.4 Å². The Morgan fingerprint density at radius 3 is 2.42 bits per heavy atom. The highest BCUT2D eigenvalue weighted by molar-refractivity contribution is 5.79. The Morgan fingerprint density at radius 1 is 1.37 bits per heavy atom. The summed E-state index contributed by atoms with van der Waals surface area (Å²) in [5.74, 6) is -1.91. The van der Waals surface area contributed by atoms with Crippen molar-refractivity contribution in [3.8, 4) is 0 Å². The van der Waals surface area contributed by atoms with Crippen LogP contribution < -0.4 is 5.32 Å². The van der Waals surface area contributed by atoms with Gasteiger partial charge in [0.15, 0.2) is 0 Å². The van der Waals surface area contributed by atoms with Gasteiger partial charge in [0, 0.05) is 17.7 Å². The molecule has 1 aromatic rings. The Morgan fingerprint density at radius 2 is 1.95 bits per heavy atom. The Labute approximate surface area is 111 Å². The van der Waals surface area contributed by atoms with E-state index in [-0.39, 0.29) is 18.6 Å². The molecule has 1 aromatic carbocycles. The van der Waals surface area contributed by atoms with Crippen molar-refractivity contribution in [2.24, 2.45) is 0 Å². The first-order chi connectivity index (χ1) is 8.91. The first-order valence-electron chi connectivity index (χ1n) is 6.26. The van der Waals surface area contributed by atoms with Crippen LogP contribution in [0.4, 0.5) is 8.78 Å². The summed E-state index contributed by atoms with van der Waals surface area (Å²) >= 11 is 0. The fourth-order valence-corrected chi connectivity index (χ4v) is 1.82. The van der Waals surface area contributed by atoms with Gasteiger partial charge in [-0.1, -0.05) is 13.0 Å². The van der Waals surface area contributed by atoms with E-state index in [1.54, 1.807) is 6.92 Å². The average Bonchev–Trinajstić information content (AvgIpc) is 2.34. The maximum absolute atomic E-state index is 13.4. The topological polar surface area (TPSA) is 49.3 Å². The molecule has 0 saturated carbocycles. The minimum Gasteiger partial charge on any atom is -0.396 e. The van der Waals surface area contributed by atoms with Crippen LogP contribution in [0.5, 0.6) is 0 Å². The molecule has 0 fully saturated rings. The summed E-state index contributed by atoms with van der Waals surface area (Å²) in [6.07, 6.45) is 0.674. The fourth-order valence-electron chi connectivity index (χ4n) is 1.82. The molecule has 2 N–H and O–H groups in total. The number of aliphatic hydroxyl groups is 1. The molecule has 19 heavy (non-hydrogen) atoms. The van der Waals surface area contributed by atoms with Crippen LogP contribution in [0.1, 0.15) is 32.3 Å². The van der Waals surface area contributed by atoms with Crippen molar-refractivity contribution in [2.75, 3.05) is 6.61 Å². The fraction of sp³-hybridized carbons (Fsp3) is 0.500. The average molecular weight is 271 g/mol. The first-order valence-corrected chi connectivity index (χ1v) is 6.26. The quantitative estimate of drug-likeness (QED) is 0.833. The van der Waals surface area contributed by atoms with Gasteiger partial charge in [-0.15, -0.1) is 0 Å². The molecule has 0 aliphatic heterocycles. The number of aliphatic hydroxyl groups excluding tert-OH is 1. The molecule has 0 bridgehead atoms. The summed E-state index contributed by atoms with van der Waals surface area (Å²) in [5.41, 5.74) is -0.796. The van der Waals surface area contributed by atoms with Crippen LogP contribution in [-0.2, 0) is 11.2 Å². The van der Waals surface area contributed by atoms with E-state index in [0.29, 0.717) is 12.8 Å². The van der Waals surface area contributed by atoms with Gasteiger partial charge in [-0.3, -0.25) is 4.79 Å². The van der Waals surface area contributed by atoms with Gasteiger partial charge in [-0.2, -0.15) is 0 Å². The molecule has 1 atom stereocenters. The van der Waals surface area contributed by atoms with E-state index in [9.17, 15) is 13.6 Å². The molecule has 0 radical (unpaired) electrons. The van der Waals surface area contributed by atoms with Crippen molar-refractivity contribution < 1.29 is 18.7 Å². The third-order valence-electron chi connectivity index (χ3n) is 3.28. The standard InChI is InChI=1S/C14H19F2NO2/c1-3-14(2,7-8-18)17-13(19)9-10-11(15)5-4-6-12(10)16/h4-6,18H,3,7-9H2,1-2H3,(H,17,19). The lowest BCUT2D eigenvalue weighted by Crippen LogP contribution is -2.46. The van der Waals surface area contributed by atoms with Gasteiger partial charge >= 0.3 is 0 Å². The summed E-state index contributed by atoms with van der Waals surface area (Å²) in [6, 6.07) is 3.50. The predicted molar refractivity (Wildman–Crippen MR) is 68.6 cm³/mol. The number of hydrogen-bond donors (Lipinski definition) is 2. The van der Waals surface area contributed by atoms with Crippen LogP contribution in [0, 0.1) is 11.6 Å². The van der Waals surface area contributed by atoms with Gasteiger partial charge in [0.25, 0.3) is 0 Å². The Hall–Kier alpha value is -1.49. The van der Waals surface area contributed by atoms with E-state index in [4.69, 9.17) is 5.11 Å². The number of halogens is 2. The van der Waals surface area contributed by atoms with Gasteiger partial charge in [-0.25, -0.2) is 8.78 Å². The number of carbonyl (C=O) groups excluding carboxylic acids is 1. The zero-order valence-corrected chi connectivity index (χ0v) is 11.2. The monoisotopic (exact) mass is 271 g/mol. The number of benzene rings is 1. The van der Waals surface area contributed by atoms with Crippen LogP contribution in [0.2, 0.25) is 0 Å². The number of nitrogens with one attached hydrogen (secondary N) is 1. The van der Waals surface area contributed by atoms with Crippen molar-refractivity contribution in [1.29, 1.82) is 0 Å². The molecular weight excluding hydrogens is 252 g/mol. The zero-order valence-electron chi connectivity index (χ0n) is 11.2. The molecule has 0 aromatic heterocycles. The lowest BCUT2D eigenvalue weighted by Gasteiger charge is -2.29. The Kier molecular flexibility index (Phi) is 5.42. The summed E-state index contributed by atoms with van der Waals surface area (Å²) in [7, 11) is 0. The van der Waals surface area contributed by atoms with Crippen LogP contribution in [0.3, 0.4) is 0 Å². The van der Waals surface area contributed by atoms with Gasteiger partial charge in [0.1, 0.15) is 11.6 Å². The molecule has 106 valence electrons. The van der Waals surface area contributed by atoms with Crippen LogP contribution >= 0.6 is 0 Å². The maximum atomic E-state index is 13.4. The first kappa shape index (κ1) is 15.6. The molecule has 0 saturated heterocycles.